The first kappa shape index (κ1) is 16.5. The van der Waals surface area contributed by atoms with Crippen molar-refractivity contribution in [2.75, 3.05) is 0 Å². The number of rotatable bonds is 4. The molecule has 1 aliphatic rings. The van der Waals surface area contributed by atoms with Crippen molar-refractivity contribution in [3.8, 4) is 0 Å². The Hall–Kier alpha value is -0.820. The van der Waals surface area contributed by atoms with Gasteiger partial charge in [-0.25, -0.2) is 8.42 Å². The van der Waals surface area contributed by atoms with Gasteiger partial charge >= 0.3 is 5.97 Å². The monoisotopic (exact) mass is 351 g/mol. The van der Waals surface area contributed by atoms with Crippen LogP contribution in [0.1, 0.15) is 32.1 Å². The third-order valence-electron chi connectivity index (χ3n) is 3.65. The minimum atomic E-state index is -3.98. The molecule has 0 aliphatic heterocycles. The Morgan fingerprint density at radius 2 is 1.76 bits per heavy atom. The third-order valence-corrected chi connectivity index (χ3v) is 5.92. The lowest BCUT2D eigenvalue weighted by Crippen LogP contribution is -2.55. The summed E-state index contributed by atoms with van der Waals surface area (Å²) in [5.41, 5.74) is -1.44. The number of carbonyl (C=O) groups is 1. The van der Waals surface area contributed by atoms with Crippen LogP contribution in [0.3, 0.4) is 0 Å². The van der Waals surface area contributed by atoms with Crippen LogP contribution in [0.25, 0.3) is 0 Å². The summed E-state index contributed by atoms with van der Waals surface area (Å²) in [4.78, 5) is 11.4. The average Bonchev–Trinajstić information content (AvgIpc) is 2.42. The van der Waals surface area contributed by atoms with Gasteiger partial charge in [-0.1, -0.05) is 42.5 Å². The molecule has 1 aromatic carbocycles. The van der Waals surface area contributed by atoms with E-state index in [1.54, 1.807) is 0 Å². The fraction of sp³-hybridized carbons (Fsp3) is 0.462. The highest BCUT2D eigenvalue weighted by atomic mass is 35.5. The van der Waals surface area contributed by atoms with Crippen LogP contribution in [-0.2, 0) is 14.8 Å². The number of nitrogens with one attached hydrogen (secondary N) is 1. The number of halogens is 2. The molecule has 1 aromatic rings. The Morgan fingerprint density at radius 3 is 2.29 bits per heavy atom. The van der Waals surface area contributed by atoms with Crippen LogP contribution in [0.15, 0.2) is 23.1 Å². The van der Waals surface area contributed by atoms with Crippen molar-refractivity contribution in [1.82, 2.24) is 4.72 Å². The van der Waals surface area contributed by atoms with E-state index in [4.69, 9.17) is 23.2 Å². The van der Waals surface area contributed by atoms with E-state index in [0.717, 1.165) is 6.42 Å². The van der Waals surface area contributed by atoms with E-state index in [0.29, 0.717) is 12.8 Å². The fourth-order valence-corrected chi connectivity index (χ4v) is 4.28. The number of benzene rings is 1. The Bertz CT molecular complexity index is 654. The summed E-state index contributed by atoms with van der Waals surface area (Å²) >= 11 is 11.6. The summed E-state index contributed by atoms with van der Waals surface area (Å²) in [6.07, 6.45) is 2.82. The predicted molar refractivity (Wildman–Crippen MR) is 80.2 cm³/mol. The van der Waals surface area contributed by atoms with Gasteiger partial charge in [0.1, 0.15) is 5.54 Å². The van der Waals surface area contributed by atoms with E-state index in [2.05, 4.69) is 4.72 Å². The van der Waals surface area contributed by atoms with Crippen molar-refractivity contribution in [3.05, 3.63) is 28.2 Å². The summed E-state index contributed by atoms with van der Waals surface area (Å²) in [5.74, 6) is -1.15. The summed E-state index contributed by atoms with van der Waals surface area (Å²) in [7, 11) is -3.98. The van der Waals surface area contributed by atoms with Gasteiger partial charge in [-0.15, -0.1) is 0 Å². The summed E-state index contributed by atoms with van der Waals surface area (Å²) in [6, 6.07) is 3.88. The van der Waals surface area contributed by atoms with E-state index in [-0.39, 0.29) is 27.8 Å². The Balaban J connectivity index is 2.34. The first-order chi connectivity index (χ1) is 9.77. The standard InChI is InChI=1S/C13H15Cl2NO4S/c14-10-5-4-9(8-11(10)15)21(19,20)16-13(12(17)18)6-2-1-3-7-13/h4-5,8,16H,1-3,6-7H2,(H,17,18). The van der Waals surface area contributed by atoms with E-state index >= 15 is 0 Å². The molecule has 8 heteroatoms. The maximum Gasteiger partial charge on any atom is 0.324 e. The van der Waals surface area contributed by atoms with Crippen molar-refractivity contribution in [1.29, 1.82) is 0 Å². The molecular weight excluding hydrogens is 337 g/mol. The van der Waals surface area contributed by atoms with E-state index in [1.165, 1.54) is 18.2 Å². The molecule has 0 bridgehead atoms. The van der Waals surface area contributed by atoms with Gasteiger partial charge in [0.15, 0.2) is 0 Å². The molecule has 0 aromatic heterocycles. The zero-order chi connectivity index (χ0) is 15.7. The fourth-order valence-electron chi connectivity index (χ4n) is 2.48. The first-order valence-corrected chi connectivity index (χ1v) is 8.73. The highest BCUT2D eigenvalue weighted by molar-refractivity contribution is 7.89. The summed E-state index contributed by atoms with van der Waals surface area (Å²) in [6.45, 7) is 0. The topological polar surface area (TPSA) is 83.5 Å². The number of carboxylic acids is 1. The predicted octanol–water partition coefficient (Wildman–Crippen LogP) is 3.06. The highest BCUT2D eigenvalue weighted by Gasteiger charge is 2.43. The van der Waals surface area contributed by atoms with Crippen LogP contribution < -0.4 is 4.72 Å². The minimum Gasteiger partial charge on any atom is -0.480 e. The maximum atomic E-state index is 12.4. The molecule has 1 aliphatic carbocycles. The molecule has 0 unspecified atom stereocenters. The smallest absolute Gasteiger partial charge is 0.324 e. The van der Waals surface area contributed by atoms with Crippen molar-refractivity contribution < 1.29 is 18.3 Å². The third kappa shape index (κ3) is 3.51. The molecule has 2 rings (SSSR count). The number of hydrogen-bond donors (Lipinski definition) is 2. The SMILES string of the molecule is O=C(O)C1(NS(=O)(=O)c2ccc(Cl)c(Cl)c2)CCCCC1. The number of carboxylic acid groups (broad SMARTS) is 1. The van der Waals surface area contributed by atoms with Gasteiger partial charge in [-0.2, -0.15) is 4.72 Å². The van der Waals surface area contributed by atoms with Gasteiger partial charge in [0.25, 0.3) is 0 Å². The molecule has 0 spiro atoms. The van der Waals surface area contributed by atoms with Gasteiger partial charge in [0.2, 0.25) is 10.0 Å². The van der Waals surface area contributed by atoms with Crippen LogP contribution in [0.4, 0.5) is 0 Å². The quantitative estimate of drug-likeness (QED) is 0.872. The van der Waals surface area contributed by atoms with Gasteiger partial charge in [-0.05, 0) is 31.0 Å². The second-order valence-electron chi connectivity index (χ2n) is 5.13. The lowest BCUT2D eigenvalue weighted by Gasteiger charge is -2.33. The molecule has 21 heavy (non-hydrogen) atoms. The largest absolute Gasteiger partial charge is 0.480 e. The maximum absolute atomic E-state index is 12.4. The van der Waals surface area contributed by atoms with Crippen LogP contribution in [-0.4, -0.2) is 25.0 Å². The van der Waals surface area contributed by atoms with Crippen molar-refractivity contribution in [2.45, 2.75) is 42.5 Å². The molecule has 0 saturated heterocycles. The second kappa shape index (κ2) is 6.12. The zero-order valence-corrected chi connectivity index (χ0v) is 13.4. The first-order valence-electron chi connectivity index (χ1n) is 6.49. The van der Waals surface area contributed by atoms with Crippen molar-refractivity contribution in [3.63, 3.8) is 0 Å². The average molecular weight is 352 g/mol. The second-order valence-corrected chi connectivity index (χ2v) is 7.63. The Labute approximate surface area is 133 Å². The van der Waals surface area contributed by atoms with E-state index in [9.17, 15) is 18.3 Å². The number of aliphatic carboxylic acids is 1. The summed E-state index contributed by atoms with van der Waals surface area (Å²) in [5, 5.41) is 9.77. The molecule has 1 fully saturated rings. The van der Waals surface area contributed by atoms with Gasteiger partial charge in [0.05, 0.1) is 14.9 Å². The Kier molecular flexibility index (Phi) is 4.82. The van der Waals surface area contributed by atoms with Crippen molar-refractivity contribution in [2.24, 2.45) is 0 Å². The lowest BCUT2D eigenvalue weighted by atomic mass is 9.83. The minimum absolute atomic E-state index is 0.0944. The van der Waals surface area contributed by atoms with E-state index < -0.39 is 21.5 Å². The van der Waals surface area contributed by atoms with Crippen LogP contribution in [0, 0.1) is 0 Å². The molecular formula is C13H15Cl2NO4S. The van der Waals surface area contributed by atoms with Gasteiger partial charge < -0.3 is 5.11 Å². The van der Waals surface area contributed by atoms with Crippen LogP contribution in [0.5, 0.6) is 0 Å². The molecule has 0 radical (unpaired) electrons. The van der Waals surface area contributed by atoms with Crippen LogP contribution >= 0.6 is 23.2 Å². The normalized spacial score (nSPS) is 18.4. The van der Waals surface area contributed by atoms with Gasteiger partial charge in [-0.3, -0.25) is 4.79 Å². The molecule has 5 nitrogen and oxygen atoms in total. The lowest BCUT2D eigenvalue weighted by molar-refractivity contribution is -0.145. The van der Waals surface area contributed by atoms with E-state index in [1.807, 2.05) is 0 Å². The molecule has 2 N–H and O–H groups in total. The molecule has 1 saturated carbocycles. The molecule has 116 valence electrons. The highest BCUT2D eigenvalue weighted by Crippen LogP contribution is 2.31. The van der Waals surface area contributed by atoms with Gasteiger partial charge in [0, 0.05) is 0 Å². The number of hydrogen-bond acceptors (Lipinski definition) is 3. The molecule has 0 heterocycles. The number of sulfonamides is 1. The summed E-state index contributed by atoms with van der Waals surface area (Å²) < 4.78 is 27.1. The van der Waals surface area contributed by atoms with Crippen molar-refractivity contribution >= 4 is 39.2 Å². The van der Waals surface area contributed by atoms with Crippen LogP contribution in [0.2, 0.25) is 10.0 Å². The molecule has 0 atom stereocenters. The molecule has 0 amide bonds. The Morgan fingerprint density at radius 1 is 1.14 bits per heavy atom. The zero-order valence-electron chi connectivity index (χ0n) is 11.1.